The van der Waals surface area contributed by atoms with Crippen LogP contribution in [0.4, 0.5) is 5.69 Å². The Balaban J connectivity index is 1.53. The lowest BCUT2D eigenvalue weighted by molar-refractivity contribution is -0.146. The number of amides is 3. The molecule has 7 atom stereocenters. The largest absolute Gasteiger partial charge is 0.324 e. The predicted molar refractivity (Wildman–Crippen MR) is 110 cm³/mol. The first-order chi connectivity index (χ1) is 12.7. The van der Waals surface area contributed by atoms with E-state index in [-0.39, 0.29) is 45.1 Å². The molecule has 2 saturated carbocycles. The van der Waals surface area contributed by atoms with Crippen LogP contribution in [-0.2, 0) is 14.4 Å². The Morgan fingerprint density at radius 3 is 2.26 bits per heavy atom. The van der Waals surface area contributed by atoms with Crippen LogP contribution in [0.5, 0.6) is 0 Å². The number of carbonyl (C=O) groups is 3. The summed E-state index contributed by atoms with van der Waals surface area (Å²) in [7, 11) is 0. The summed E-state index contributed by atoms with van der Waals surface area (Å²) < 4.78 is 0. The average Bonchev–Trinajstić information content (AvgIpc) is 3.22. The molecule has 1 aromatic carbocycles. The summed E-state index contributed by atoms with van der Waals surface area (Å²) in [6.07, 6.45) is 0.870. The maximum absolute atomic E-state index is 13.0. The number of hydrogen-bond donors (Lipinski definition) is 1. The molecule has 5 nitrogen and oxygen atoms in total. The minimum atomic E-state index is -0.863. The number of carbonyl (C=O) groups excluding carboxylic acids is 3. The number of nitrogens with zero attached hydrogens (tertiary/aromatic N) is 1. The van der Waals surface area contributed by atoms with Gasteiger partial charge in [-0.05, 0) is 49.8 Å². The molecule has 0 aromatic heterocycles. The van der Waals surface area contributed by atoms with Gasteiger partial charge < -0.3 is 5.32 Å². The molecule has 8 heteroatoms. The van der Waals surface area contributed by atoms with Crippen molar-refractivity contribution in [3.05, 3.63) is 28.8 Å². The highest BCUT2D eigenvalue weighted by Crippen LogP contribution is 2.60. The summed E-state index contributed by atoms with van der Waals surface area (Å²) in [5.41, 5.74) is 1.45. The quantitative estimate of drug-likeness (QED) is 0.490. The van der Waals surface area contributed by atoms with Gasteiger partial charge in [0.15, 0.2) is 0 Å². The van der Waals surface area contributed by atoms with Crippen LogP contribution >= 0.6 is 43.5 Å². The Hall–Kier alpha value is -0.920. The minimum absolute atomic E-state index is 0.136. The van der Waals surface area contributed by atoms with E-state index in [1.807, 2.05) is 13.0 Å². The van der Waals surface area contributed by atoms with E-state index in [0.717, 1.165) is 12.0 Å². The molecule has 0 spiro atoms. The molecule has 27 heavy (non-hydrogen) atoms. The van der Waals surface area contributed by atoms with Gasteiger partial charge in [-0.15, -0.1) is 0 Å². The van der Waals surface area contributed by atoms with E-state index in [1.165, 1.54) is 4.90 Å². The van der Waals surface area contributed by atoms with Gasteiger partial charge in [0.2, 0.25) is 17.7 Å². The molecule has 3 aliphatic rings. The van der Waals surface area contributed by atoms with Gasteiger partial charge in [0, 0.05) is 20.4 Å². The zero-order valence-corrected chi connectivity index (χ0v) is 18.7. The molecule has 0 radical (unpaired) electrons. The van der Waals surface area contributed by atoms with Gasteiger partial charge in [-0.3, -0.25) is 19.3 Å². The van der Waals surface area contributed by atoms with E-state index >= 15 is 0 Å². The summed E-state index contributed by atoms with van der Waals surface area (Å²) in [5.74, 6) is -1.19. The van der Waals surface area contributed by atoms with E-state index < -0.39 is 11.9 Å². The monoisotopic (exact) mass is 516 g/mol. The van der Waals surface area contributed by atoms with E-state index in [1.54, 1.807) is 19.1 Å². The Labute approximate surface area is 179 Å². The third kappa shape index (κ3) is 2.88. The van der Waals surface area contributed by atoms with Gasteiger partial charge in [-0.25, -0.2) is 0 Å². The van der Waals surface area contributed by atoms with Crippen LogP contribution in [0, 0.1) is 30.6 Å². The Kier molecular flexibility index (Phi) is 4.92. The number of fused-ring (bicyclic) bond motifs is 5. The lowest BCUT2D eigenvalue weighted by atomic mass is 9.81. The molecular weight excluding hydrogens is 499 g/mol. The fraction of sp³-hybridized carbons (Fsp3) is 0.526. The number of imide groups is 1. The molecule has 1 aliphatic heterocycles. The van der Waals surface area contributed by atoms with Crippen LogP contribution < -0.4 is 5.32 Å². The van der Waals surface area contributed by atoms with Gasteiger partial charge in [-0.2, -0.15) is 0 Å². The fourth-order valence-corrected chi connectivity index (χ4v) is 6.84. The summed E-state index contributed by atoms with van der Waals surface area (Å²) in [5, 5.41) is 3.31. The number of hydrogen-bond acceptors (Lipinski definition) is 3. The molecule has 2 bridgehead atoms. The van der Waals surface area contributed by atoms with Crippen LogP contribution in [0.2, 0.25) is 5.02 Å². The first kappa shape index (κ1) is 19.4. The Bertz CT molecular complexity index is 816. The Morgan fingerprint density at radius 2 is 1.74 bits per heavy atom. The Morgan fingerprint density at radius 1 is 1.19 bits per heavy atom. The molecule has 1 heterocycles. The SMILES string of the molecule is Cc1ccc(NC(=O)[C@H](C)N2C(=O)[C@H]3[C@@H]4C[C@H]([C@@H](Br)[C@H]4Br)[C@@H]3C2=O)cc1Cl. The highest BCUT2D eigenvalue weighted by molar-refractivity contribution is 9.12. The number of alkyl halides is 2. The molecule has 1 aromatic rings. The number of aryl methyl sites for hydroxylation is 1. The maximum Gasteiger partial charge on any atom is 0.247 e. The van der Waals surface area contributed by atoms with Crippen molar-refractivity contribution in [2.24, 2.45) is 23.7 Å². The van der Waals surface area contributed by atoms with Crippen molar-refractivity contribution in [1.29, 1.82) is 0 Å². The van der Waals surface area contributed by atoms with Crippen molar-refractivity contribution in [2.45, 2.75) is 36.0 Å². The van der Waals surface area contributed by atoms with Gasteiger partial charge in [0.1, 0.15) is 6.04 Å². The normalized spacial score (nSPS) is 35.5. The number of benzene rings is 1. The van der Waals surface area contributed by atoms with Crippen molar-refractivity contribution in [3.8, 4) is 0 Å². The van der Waals surface area contributed by atoms with Crippen LogP contribution in [0.15, 0.2) is 18.2 Å². The first-order valence-corrected chi connectivity index (χ1v) is 11.2. The number of likely N-dealkylation sites (tertiary alicyclic amines) is 1. The average molecular weight is 519 g/mol. The van der Waals surface area contributed by atoms with Crippen LogP contribution in [0.25, 0.3) is 0 Å². The van der Waals surface area contributed by atoms with Crippen molar-refractivity contribution in [1.82, 2.24) is 4.90 Å². The second-order valence-electron chi connectivity index (χ2n) is 7.68. The molecule has 4 rings (SSSR count). The van der Waals surface area contributed by atoms with Gasteiger partial charge in [0.25, 0.3) is 0 Å². The van der Waals surface area contributed by atoms with Gasteiger partial charge in [0.05, 0.1) is 11.8 Å². The summed E-state index contributed by atoms with van der Waals surface area (Å²) in [6.45, 7) is 3.47. The van der Waals surface area contributed by atoms with Crippen LogP contribution in [0.3, 0.4) is 0 Å². The molecular formula is C19H19Br2ClN2O3. The zero-order valence-electron chi connectivity index (χ0n) is 14.8. The third-order valence-corrected chi connectivity index (χ3v) is 9.84. The fourth-order valence-electron chi connectivity index (χ4n) is 4.79. The topological polar surface area (TPSA) is 66.5 Å². The van der Waals surface area contributed by atoms with E-state index in [4.69, 9.17) is 11.6 Å². The molecule has 3 fully saturated rings. The van der Waals surface area contributed by atoms with Gasteiger partial charge >= 0.3 is 0 Å². The first-order valence-electron chi connectivity index (χ1n) is 8.94. The predicted octanol–water partition coefficient (Wildman–Crippen LogP) is 3.75. The smallest absolute Gasteiger partial charge is 0.247 e. The molecule has 2 aliphatic carbocycles. The van der Waals surface area contributed by atoms with E-state index in [0.29, 0.717) is 10.7 Å². The van der Waals surface area contributed by atoms with Crippen molar-refractivity contribution in [2.75, 3.05) is 5.32 Å². The van der Waals surface area contributed by atoms with Crippen molar-refractivity contribution in [3.63, 3.8) is 0 Å². The summed E-state index contributed by atoms with van der Waals surface area (Å²) in [6, 6.07) is 4.36. The molecule has 3 amide bonds. The van der Waals surface area contributed by atoms with Crippen LogP contribution in [-0.4, -0.2) is 38.3 Å². The second kappa shape index (κ2) is 6.85. The molecule has 144 valence electrons. The number of nitrogens with one attached hydrogen (secondary N) is 1. The minimum Gasteiger partial charge on any atom is -0.324 e. The second-order valence-corrected chi connectivity index (χ2v) is 10.2. The maximum atomic E-state index is 13.0. The number of rotatable bonds is 3. The molecule has 1 N–H and O–H groups in total. The van der Waals surface area contributed by atoms with E-state index in [2.05, 4.69) is 37.2 Å². The van der Waals surface area contributed by atoms with Crippen molar-refractivity contribution >= 4 is 66.9 Å². The number of halogens is 3. The third-order valence-electron chi connectivity index (χ3n) is 6.23. The highest BCUT2D eigenvalue weighted by atomic mass is 79.9. The van der Waals surface area contributed by atoms with Gasteiger partial charge in [-0.1, -0.05) is 49.5 Å². The summed E-state index contributed by atoms with van der Waals surface area (Å²) >= 11 is 13.4. The van der Waals surface area contributed by atoms with E-state index in [9.17, 15) is 14.4 Å². The number of anilines is 1. The van der Waals surface area contributed by atoms with Crippen LogP contribution in [0.1, 0.15) is 18.9 Å². The zero-order chi connectivity index (χ0) is 19.6. The molecule has 1 saturated heterocycles. The standard InChI is InChI=1S/C19H19Br2ClN2O3/c1-7-3-4-9(5-12(7)22)23-17(25)8(2)24-18(26)13-10-6-11(14(13)19(24)27)16(21)15(10)20/h3-5,8,10-11,13-16H,6H2,1-2H3,(H,23,25)/t8-,10-,11-,13-,14-,15-,16+/m0/s1. The summed E-state index contributed by atoms with van der Waals surface area (Å²) in [4.78, 5) is 40.2. The lowest BCUT2D eigenvalue weighted by Crippen LogP contribution is -2.46. The molecule has 0 unspecified atom stereocenters. The highest BCUT2D eigenvalue weighted by Gasteiger charge is 2.67. The van der Waals surface area contributed by atoms with Crippen molar-refractivity contribution < 1.29 is 14.4 Å². The lowest BCUT2D eigenvalue weighted by Gasteiger charge is -2.28.